The first kappa shape index (κ1) is 16.1. The summed E-state index contributed by atoms with van der Waals surface area (Å²) in [5.41, 5.74) is 1.51. The van der Waals surface area contributed by atoms with Crippen molar-refractivity contribution in [2.75, 3.05) is 6.79 Å². The Hall–Kier alpha value is -4.12. The Balaban J connectivity index is 1.79. The van der Waals surface area contributed by atoms with E-state index in [9.17, 15) is 10.1 Å². The van der Waals surface area contributed by atoms with Crippen molar-refractivity contribution < 1.29 is 9.47 Å². The SMILES string of the molecule is N#Cc1cc2c(=O)n3ccccc3nc2n(Cc2ccc3c(c2)OCO3)c1=N. The summed E-state index contributed by atoms with van der Waals surface area (Å²) in [6.45, 7) is 0.434. The highest BCUT2D eigenvalue weighted by molar-refractivity contribution is 5.77. The van der Waals surface area contributed by atoms with E-state index >= 15 is 0 Å². The van der Waals surface area contributed by atoms with Crippen LogP contribution in [0.5, 0.6) is 11.5 Å². The summed E-state index contributed by atoms with van der Waals surface area (Å²) < 4.78 is 13.7. The van der Waals surface area contributed by atoms with Crippen LogP contribution in [0.25, 0.3) is 16.7 Å². The van der Waals surface area contributed by atoms with Gasteiger partial charge in [0, 0.05) is 6.20 Å². The molecule has 3 aromatic heterocycles. The molecule has 0 atom stereocenters. The van der Waals surface area contributed by atoms with E-state index in [1.54, 1.807) is 35.0 Å². The van der Waals surface area contributed by atoms with Gasteiger partial charge >= 0.3 is 0 Å². The van der Waals surface area contributed by atoms with Gasteiger partial charge in [-0.05, 0) is 35.9 Å². The summed E-state index contributed by atoms with van der Waals surface area (Å²) >= 11 is 0. The molecule has 0 saturated carbocycles. The van der Waals surface area contributed by atoms with Crippen LogP contribution in [0, 0.1) is 16.7 Å². The number of benzene rings is 1. The maximum atomic E-state index is 12.9. The van der Waals surface area contributed by atoms with Gasteiger partial charge in [0.1, 0.15) is 22.9 Å². The van der Waals surface area contributed by atoms with Gasteiger partial charge in [-0.15, -0.1) is 0 Å². The predicted octanol–water partition coefficient (Wildman–Crippen LogP) is 1.78. The van der Waals surface area contributed by atoms with Crippen molar-refractivity contribution >= 4 is 16.7 Å². The summed E-state index contributed by atoms with van der Waals surface area (Å²) in [7, 11) is 0. The molecule has 5 rings (SSSR count). The fourth-order valence-corrected chi connectivity index (χ4v) is 3.35. The van der Waals surface area contributed by atoms with E-state index in [2.05, 4.69) is 4.98 Å². The van der Waals surface area contributed by atoms with Gasteiger partial charge in [-0.2, -0.15) is 5.26 Å². The number of fused-ring (bicyclic) bond motifs is 3. The van der Waals surface area contributed by atoms with Crippen molar-refractivity contribution in [3.8, 4) is 17.6 Å². The molecule has 1 aliphatic rings. The van der Waals surface area contributed by atoms with Gasteiger partial charge in [0.05, 0.1) is 17.5 Å². The monoisotopic (exact) mass is 371 g/mol. The molecule has 0 aliphatic carbocycles. The number of hydrogen-bond donors (Lipinski definition) is 1. The van der Waals surface area contributed by atoms with Crippen LogP contribution in [0.3, 0.4) is 0 Å². The maximum absolute atomic E-state index is 12.9. The van der Waals surface area contributed by atoms with Gasteiger partial charge in [0.2, 0.25) is 6.79 Å². The molecule has 0 radical (unpaired) electrons. The van der Waals surface area contributed by atoms with Crippen molar-refractivity contribution in [1.29, 1.82) is 10.7 Å². The van der Waals surface area contributed by atoms with Crippen LogP contribution in [0.15, 0.2) is 53.5 Å². The molecule has 8 heteroatoms. The lowest BCUT2D eigenvalue weighted by atomic mass is 10.1. The second-order valence-electron chi connectivity index (χ2n) is 6.38. The second-order valence-corrected chi connectivity index (χ2v) is 6.38. The summed E-state index contributed by atoms with van der Waals surface area (Å²) in [6.07, 6.45) is 1.63. The minimum atomic E-state index is -0.281. The Morgan fingerprint density at radius 2 is 2.04 bits per heavy atom. The van der Waals surface area contributed by atoms with Crippen LogP contribution in [-0.4, -0.2) is 20.7 Å². The number of nitriles is 1. The van der Waals surface area contributed by atoms with Crippen LogP contribution in [-0.2, 0) is 6.54 Å². The Labute approximate surface area is 158 Å². The van der Waals surface area contributed by atoms with Crippen LogP contribution >= 0.6 is 0 Å². The molecular formula is C20H13N5O3. The van der Waals surface area contributed by atoms with Crippen LogP contribution in [0.1, 0.15) is 11.1 Å². The first-order chi connectivity index (χ1) is 13.7. The van der Waals surface area contributed by atoms with Crippen LogP contribution in [0.4, 0.5) is 0 Å². The minimum absolute atomic E-state index is 0.000141. The van der Waals surface area contributed by atoms with Gasteiger partial charge in [-0.1, -0.05) is 12.1 Å². The lowest BCUT2D eigenvalue weighted by Crippen LogP contribution is -2.28. The standard InChI is InChI=1S/C20H13N5O3/c21-9-13-8-14-19(23-17-3-1-2-6-24(17)20(14)26)25(18(13)22)10-12-4-5-15-16(7-12)28-11-27-15/h1-8,22H,10-11H2. The van der Waals surface area contributed by atoms with Gasteiger partial charge in [0.25, 0.3) is 5.56 Å². The number of pyridine rings is 2. The van der Waals surface area contributed by atoms with Gasteiger partial charge in [-0.25, -0.2) is 4.98 Å². The molecule has 0 fully saturated rings. The quantitative estimate of drug-likeness (QED) is 0.541. The van der Waals surface area contributed by atoms with Crippen molar-refractivity contribution in [1.82, 2.24) is 14.0 Å². The normalized spacial score (nSPS) is 12.4. The molecule has 0 bridgehead atoms. The fraction of sp³-hybridized carbons (Fsp3) is 0.100. The highest BCUT2D eigenvalue weighted by Crippen LogP contribution is 2.32. The fourth-order valence-electron chi connectivity index (χ4n) is 3.35. The first-order valence-electron chi connectivity index (χ1n) is 8.54. The van der Waals surface area contributed by atoms with Crippen molar-refractivity contribution in [2.45, 2.75) is 6.54 Å². The van der Waals surface area contributed by atoms with Crippen molar-refractivity contribution in [2.24, 2.45) is 0 Å². The van der Waals surface area contributed by atoms with E-state index < -0.39 is 0 Å². The van der Waals surface area contributed by atoms with Gasteiger partial charge in [0.15, 0.2) is 11.5 Å². The summed E-state index contributed by atoms with van der Waals surface area (Å²) in [4.78, 5) is 17.5. The van der Waals surface area contributed by atoms with Gasteiger partial charge < -0.3 is 14.0 Å². The number of nitrogens with one attached hydrogen (secondary N) is 1. The van der Waals surface area contributed by atoms with E-state index in [-0.39, 0.29) is 35.3 Å². The van der Waals surface area contributed by atoms with Gasteiger partial charge in [-0.3, -0.25) is 14.6 Å². The predicted molar refractivity (Wildman–Crippen MR) is 99.2 cm³/mol. The molecule has 1 N–H and O–H groups in total. The molecule has 4 heterocycles. The third kappa shape index (κ3) is 2.34. The Bertz CT molecular complexity index is 1430. The lowest BCUT2D eigenvalue weighted by Gasteiger charge is -2.13. The molecule has 0 amide bonds. The second kappa shape index (κ2) is 5.96. The third-order valence-electron chi connectivity index (χ3n) is 4.72. The Morgan fingerprint density at radius 3 is 2.89 bits per heavy atom. The number of hydrogen-bond acceptors (Lipinski definition) is 6. The largest absolute Gasteiger partial charge is 0.454 e. The molecule has 4 aromatic rings. The molecule has 1 aliphatic heterocycles. The molecule has 136 valence electrons. The van der Waals surface area contributed by atoms with Crippen molar-refractivity contribution in [3.05, 3.63) is 75.6 Å². The number of rotatable bonds is 2. The van der Waals surface area contributed by atoms with E-state index in [0.29, 0.717) is 22.8 Å². The zero-order chi connectivity index (χ0) is 19.3. The zero-order valence-electron chi connectivity index (χ0n) is 14.5. The molecule has 1 aromatic carbocycles. The molecule has 8 nitrogen and oxygen atoms in total. The summed E-state index contributed by atoms with van der Waals surface area (Å²) in [5.74, 6) is 1.29. The van der Waals surface area contributed by atoms with Crippen LogP contribution in [0.2, 0.25) is 0 Å². The Kier molecular flexibility index (Phi) is 3.42. The summed E-state index contributed by atoms with van der Waals surface area (Å²) in [6, 6.07) is 14.2. The molecule has 0 saturated heterocycles. The van der Waals surface area contributed by atoms with E-state index in [4.69, 9.17) is 14.9 Å². The van der Waals surface area contributed by atoms with E-state index in [0.717, 1.165) is 5.56 Å². The first-order valence-corrected chi connectivity index (χ1v) is 8.54. The highest BCUT2D eigenvalue weighted by atomic mass is 16.7. The van der Waals surface area contributed by atoms with E-state index in [1.165, 1.54) is 10.5 Å². The van der Waals surface area contributed by atoms with Crippen LogP contribution < -0.4 is 20.5 Å². The molecule has 0 spiro atoms. The molecular weight excluding hydrogens is 358 g/mol. The zero-order valence-corrected chi connectivity index (χ0v) is 14.5. The number of nitrogens with zero attached hydrogens (tertiary/aromatic N) is 4. The topological polar surface area (TPSA) is 105 Å². The number of ether oxygens (including phenoxy) is 2. The lowest BCUT2D eigenvalue weighted by molar-refractivity contribution is 0.174. The minimum Gasteiger partial charge on any atom is -0.454 e. The Morgan fingerprint density at radius 1 is 1.18 bits per heavy atom. The molecule has 28 heavy (non-hydrogen) atoms. The summed E-state index contributed by atoms with van der Waals surface area (Å²) in [5, 5.41) is 18.2. The van der Waals surface area contributed by atoms with Crippen molar-refractivity contribution in [3.63, 3.8) is 0 Å². The maximum Gasteiger partial charge on any atom is 0.267 e. The number of aromatic nitrogens is 3. The van der Waals surface area contributed by atoms with E-state index in [1.807, 2.05) is 18.2 Å². The smallest absolute Gasteiger partial charge is 0.267 e. The highest BCUT2D eigenvalue weighted by Gasteiger charge is 2.16. The molecule has 0 unspecified atom stereocenters. The third-order valence-corrected chi connectivity index (χ3v) is 4.72. The average Bonchev–Trinajstić information content (AvgIpc) is 3.18. The average molecular weight is 371 g/mol.